The zero-order valence-electron chi connectivity index (χ0n) is 28.3. The van der Waals surface area contributed by atoms with Gasteiger partial charge in [-0.05, 0) is 50.9 Å². The monoisotopic (exact) mass is 677 g/mol. The third-order valence-corrected chi connectivity index (χ3v) is 7.88. The van der Waals surface area contributed by atoms with Crippen molar-refractivity contribution in [2.24, 2.45) is 23.3 Å². The summed E-state index contributed by atoms with van der Waals surface area (Å²) in [6, 6.07) is -6.63. The van der Waals surface area contributed by atoms with Gasteiger partial charge in [-0.1, -0.05) is 27.7 Å². The molecule has 1 aliphatic heterocycles. The molecule has 0 radical (unpaired) electrons. The fraction of sp³-hybridized carbons (Fsp3) is 0.677. The maximum Gasteiger partial charge on any atom is 0.326 e. The number of primary amides is 1. The van der Waals surface area contributed by atoms with E-state index in [4.69, 9.17) is 11.5 Å². The first-order chi connectivity index (χ1) is 22.5. The number of aromatic amines is 1. The first-order valence-electron chi connectivity index (χ1n) is 16.3. The maximum absolute atomic E-state index is 13.7. The topological polar surface area (TPSA) is 272 Å². The molecule has 1 aliphatic rings. The quantitative estimate of drug-likeness (QED) is 0.0855. The highest BCUT2D eigenvalue weighted by atomic mass is 16.4. The van der Waals surface area contributed by atoms with Crippen LogP contribution in [-0.2, 0) is 40.0 Å². The van der Waals surface area contributed by atoms with Crippen molar-refractivity contribution in [3.8, 4) is 0 Å². The third kappa shape index (κ3) is 12.6. The largest absolute Gasteiger partial charge is 0.480 e. The standard InChI is InChI=1S/C31H51N9O8/c1-16(2)11-20(32)27(43)36-18(5)26(42)38-22(13-19-14-34-15-35-19)29(45)37-21(8-9-25(33)41)28(44)39-23(12-17(3)4)30(46)40-10-6-7-24(40)31(47)48/h14-18,20-24H,6-13,32H2,1-5H3,(H2,33,41)(H,34,35)(H,36,43)(H,37,45)(H,38,42)(H,39,44)(H,47,48)/t18-,20-,21-,22-,23-,24-/m0/s1. The number of nitrogens with zero attached hydrogens (tertiary/aromatic N) is 2. The van der Waals surface area contributed by atoms with Gasteiger partial charge in [-0.25, -0.2) is 9.78 Å². The number of carbonyl (C=O) groups is 7. The molecule has 10 N–H and O–H groups in total. The summed E-state index contributed by atoms with van der Waals surface area (Å²) in [4.78, 5) is 97.8. The zero-order chi connectivity index (χ0) is 36.1. The van der Waals surface area contributed by atoms with Gasteiger partial charge in [-0.15, -0.1) is 0 Å². The average Bonchev–Trinajstić information content (AvgIpc) is 3.70. The van der Waals surface area contributed by atoms with Crippen LogP contribution in [-0.4, -0.2) is 104 Å². The first kappa shape index (κ1) is 39.6. The Hall–Kier alpha value is -4.54. The number of hydrogen-bond donors (Lipinski definition) is 8. The highest BCUT2D eigenvalue weighted by molar-refractivity contribution is 5.96. The van der Waals surface area contributed by atoms with Crippen LogP contribution in [0.4, 0.5) is 0 Å². The minimum atomic E-state index is -1.35. The molecule has 2 heterocycles. The molecule has 1 aromatic rings. The molecule has 6 atom stereocenters. The van der Waals surface area contributed by atoms with Crippen LogP contribution in [0.25, 0.3) is 0 Å². The Morgan fingerprint density at radius 2 is 1.50 bits per heavy atom. The van der Waals surface area contributed by atoms with Crippen LogP contribution in [0.1, 0.15) is 78.8 Å². The summed E-state index contributed by atoms with van der Waals surface area (Å²) < 4.78 is 0. The zero-order valence-corrected chi connectivity index (χ0v) is 28.3. The predicted octanol–water partition coefficient (Wildman–Crippen LogP) is -1.33. The van der Waals surface area contributed by atoms with Crippen molar-refractivity contribution in [3.63, 3.8) is 0 Å². The molecule has 6 amide bonds. The van der Waals surface area contributed by atoms with E-state index in [0.717, 1.165) is 0 Å². The number of aromatic nitrogens is 2. The summed E-state index contributed by atoms with van der Waals surface area (Å²) in [6.45, 7) is 9.14. The van der Waals surface area contributed by atoms with Crippen molar-refractivity contribution in [1.29, 1.82) is 0 Å². The Morgan fingerprint density at radius 1 is 0.896 bits per heavy atom. The van der Waals surface area contributed by atoms with Gasteiger partial charge in [0.2, 0.25) is 35.4 Å². The Bertz CT molecular complexity index is 1290. The minimum absolute atomic E-state index is 0.0693. The van der Waals surface area contributed by atoms with E-state index in [9.17, 15) is 38.7 Å². The van der Waals surface area contributed by atoms with Crippen molar-refractivity contribution in [2.75, 3.05) is 6.54 Å². The number of imidazole rings is 1. The molecule has 2 rings (SSSR count). The molecule has 1 aromatic heterocycles. The van der Waals surface area contributed by atoms with Gasteiger partial charge < -0.3 is 47.7 Å². The molecule has 0 spiro atoms. The van der Waals surface area contributed by atoms with Gasteiger partial charge >= 0.3 is 5.97 Å². The van der Waals surface area contributed by atoms with Gasteiger partial charge in [0.25, 0.3) is 0 Å². The normalized spacial score (nSPS) is 17.6. The van der Waals surface area contributed by atoms with Crippen LogP contribution in [0.3, 0.4) is 0 Å². The number of carboxylic acids is 1. The van der Waals surface area contributed by atoms with Crippen molar-refractivity contribution >= 4 is 41.4 Å². The average molecular weight is 678 g/mol. The molecule has 17 heteroatoms. The Labute approximate surface area is 280 Å². The molecule has 0 saturated carbocycles. The van der Waals surface area contributed by atoms with Crippen LogP contribution in [0, 0.1) is 11.8 Å². The lowest BCUT2D eigenvalue weighted by Gasteiger charge is -2.30. The van der Waals surface area contributed by atoms with Gasteiger partial charge in [0, 0.05) is 31.3 Å². The SMILES string of the molecule is CC(C)C[C@H](NC(=O)[C@H](CCC(N)=O)NC(=O)[C@H](Cc1cnc[nH]1)NC(=O)[C@H](C)NC(=O)[C@@H](N)CC(C)C)C(=O)N1CCC[C@H]1C(=O)O. The molecule has 0 unspecified atom stereocenters. The number of nitrogens with one attached hydrogen (secondary N) is 5. The molecule has 0 bridgehead atoms. The molecule has 1 fully saturated rings. The van der Waals surface area contributed by atoms with E-state index in [-0.39, 0.29) is 50.5 Å². The number of nitrogens with two attached hydrogens (primary N) is 2. The number of amides is 6. The third-order valence-electron chi connectivity index (χ3n) is 7.88. The lowest BCUT2D eigenvalue weighted by molar-refractivity contribution is -0.149. The van der Waals surface area contributed by atoms with E-state index in [1.54, 1.807) is 0 Å². The van der Waals surface area contributed by atoms with Gasteiger partial charge in [0.1, 0.15) is 30.2 Å². The van der Waals surface area contributed by atoms with Crippen molar-refractivity contribution in [1.82, 2.24) is 36.1 Å². The Kier molecular flexibility index (Phi) is 15.4. The summed E-state index contributed by atoms with van der Waals surface area (Å²) in [5.41, 5.74) is 11.8. The first-order valence-corrected chi connectivity index (χ1v) is 16.3. The van der Waals surface area contributed by atoms with Gasteiger partial charge in [-0.2, -0.15) is 0 Å². The predicted molar refractivity (Wildman–Crippen MR) is 173 cm³/mol. The summed E-state index contributed by atoms with van der Waals surface area (Å²) in [6.07, 6.45) is 3.63. The Balaban J connectivity index is 2.26. The van der Waals surface area contributed by atoms with E-state index in [1.165, 1.54) is 24.3 Å². The smallest absolute Gasteiger partial charge is 0.326 e. The lowest BCUT2D eigenvalue weighted by Crippen LogP contribution is -2.59. The van der Waals surface area contributed by atoms with Crippen molar-refractivity contribution < 1.29 is 38.7 Å². The number of hydrogen-bond acceptors (Lipinski definition) is 9. The van der Waals surface area contributed by atoms with E-state index in [1.807, 2.05) is 27.7 Å². The highest BCUT2D eigenvalue weighted by Crippen LogP contribution is 2.20. The van der Waals surface area contributed by atoms with E-state index in [0.29, 0.717) is 18.5 Å². The second kappa shape index (κ2) is 18.7. The number of carboxylic acid groups (broad SMARTS) is 1. The molecule has 17 nitrogen and oxygen atoms in total. The van der Waals surface area contributed by atoms with Gasteiger partial charge in [-0.3, -0.25) is 28.8 Å². The van der Waals surface area contributed by atoms with Crippen LogP contribution in [0.5, 0.6) is 0 Å². The maximum atomic E-state index is 13.7. The molecule has 48 heavy (non-hydrogen) atoms. The molecule has 0 aromatic carbocycles. The fourth-order valence-corrected chi connectivity index (χ4v) is 5.40. The van der Waals surface area contributed by atoms with Crippen LogP contribution in [0.15, 0.2) is 12.5 Å². The number of carbonyl (C=O) groups excluding carboxylic acids is 6. The fourth-order valence-electron chi connectivity index (χ4n) is 5.40. The van der Waals surface area contributed by atoms with Crippen LogP contribution >= 0.6 is 0 Å². The second-order valence-corrected chi connectivity index (χ2v) is 13.1. The van der Waals surface area contributed by atoms with E-state index < -0.39 is 77.7 Å². The second-order valence-electron chi connectivity index (χ2n) is 13.1. The number of H-pyrrole nitrogens is 1. The number of aliphatic carboxylic acids is 1. The number of rotatable bonds is 19. The summed E-state index contributed by atoms with van der Waals surface area (Å²) >= 11 is 0. The van der Waals surface area contributed by atoms with Crippen LogP contribution < -0.4 is 32.7 Å². The Morgan fingerprint density at radius 3 is 2.06 bits per heavy atom. The van der Waals surface area contributed by atoms with Crippen molar-refractivity contribution in [3.05, 3.63) is 18.2 Å². The van der Waals surface area contributed by atoms with E-state index >= 15 is 0 Å². The summed E-state index contributed by atoms with van der Waals surface area (Å²) in [5, 5.41) is 19.9. The van der Waals surface area contributed by atoms with E-state index in [2.05, 4.69) is 31.2 Å². The number of likely N-dealkylation sites (tertiary alicyclic amines) is 1. The van der Waals surface area contributed by atoms with Gasteiger partial charge in [0.05, 0.1) is 12.4 Å². The minimum Gasteiger partial charge on any atom is -0.480 e. The molecule has 1 saturated heterocycles. The molecule has 268 valence electrons. The van der Waals surface area contributed by atoms with Crippen molar-refractivity contribution in [2.45, 2.75) is 116 Å². The molecular formula is C31H51N9O8. The van der Waals surface area contributed by atoms with Gasteiger partial charge in [0.15, 0.2) is 0 Å². The summed E-state index contributed by atoms with van der Waals surface area (Å²) in [7, 11) is 0. The van der Waals surface area contributed by atoms with Crippen LogP contribution in [0.2, 0.25) is 0 Å². The highest BCUT2D eigenvalue weighted by Gasteiger charge is 2.39. The lowest BCUT2D eigenvalue weighted by atomic mass is 10.0. The molecular weight excluding hydrogens is 626 g/mol. The summed E-state index contributed by atoms with van der Waals surface area (Å²) in [5.74, 6) is -5.16. The molecule has 0 aliphatic carbocycles.